The Morgan fingerprint density at radius 1 is 1.33 bits per heavy atom. The number of thiazole rings is 1. The lowest BCUT2D eigenvalue weighted by molar-refractivity contribution is 0.0910. The van der Waals surface area contributed by atoms with Crippen molar-refractivity contribution in [1.82, 2.24) is 25.0 Å². The first-order valence-electron chi connectivity index (χ1n) is 10.6. The van der Waals surface area contributed by atoms with Crippen molar-refractivity contribution in [3.05, 3.63) is 43.3 Å². The van der Waals surface area contributed by atoms with Crippen LogP contribution in [-0.4, -0.2) is 57.9 Å². The molecule has 1 atom stereocenters. The van der Waals surface area contributed by atoms with Gasteiger partial charge in [0.15, 0.2) is 0 Å². The molecule has 30 heavy (non-hydrogen) atoms. The molecular weight excluding hydrogens is 402 g/mol. The summed E-state index contributed by atoms with van der Waals surface area (Å²) in [6.07, 6.45) is 4.10. The van der Waals surface area contributed by atoms with Crippen molar-refractivity contribution < 1.29 is 9.53 Å². The molecule has 1 N–H and O–H groups in total. The minimum Gasteiger partial charge on any atom is -0.376 e. The molecule has 1 saturated heterocycles. The number of ether oxygens (including phenoxy) is 1. The summed E-state index contributed by atoms with van der Waals surface area (Å²) in [7, 11) is 0. The van der Waals surface area contributed by atoms with E-state index in [1.54, 1.807) is 10.7 Å². The molecule has 8 nitrogen and oxygen atoms in total. The number of carbonyl (C=O) groups is 1. The van der Waals surface area contributed by atoms with Crippen LogP contribution in [0, 0.1) is 13.8 Å². The van der Waals surface area contributed by atoms with E-state index < -0.39 is 0 Å². The average Bonchev–Trinajstić information content (AvgIpc) is 3.09. The van der Waals surface area contributed by atoms with Crippen molar-refractivity contribution >= 4 is 17.2 Å². The number of fused-ring (bicyclic) bond motifs is 1. The number of piperidine rings is 1. The molecule has 2 aliphatic rings. The molecule has 9 heteroatoms. The molecule has 2 aromatic heterocycles. The molecule has 0 aromatic carbocycles. The highest BCUT2D eigenvalue weighted by molar-refractivity contribution is 7.13. The zero-order valence-corrected chi connectivity index (χ0v) is 18.5. The van der Waals surface area contributed by atoms with E-state index >= 15 is 0 Å². The molecular formula is C21H29N5O3S. The van der Waals surface area contributed by atoms with Crippen LogP contribution in [-0.2, 0) is 24.3 Å². The van der Waals surface area contributed by atoms with Crippen molar-refractivity contribution in [3.63, 3.8) is 0 Å². The van der Waals surface area contributed by atoms with Crippen LogP contribution in [0.25, 0.3) is 0 Å². The van der Waals surface area contributed by atoms with E-state index in [9.17, 15) is 9.59 Å². The van der Waals surface area contributed by atoms with Gasteiger partial charge in [-0.15, -0.1) is 11.3 Å². The molecule has 0 aliphatic carbocycles. The molecule has 1 amide bonds. The molecule has 0 bridgehead atoms. The van der Waals surface area contributed by atoms with Gasteiger partial charge in [0.05, 0.1) is 36.2 Å². The Labute approximate surface area is 180 Å². The minimum atomic E-state index is -0.0721. The van der Waals surface area contributed by atoms with E-state index in [1.165, 1.54) is 11.3 Å². The maximum absolute atomic E-state index is 12.6. The Morgan fingerprint density at radius 3 is 3.00 bits per heavy atom. The molecule has 0 radical (unpaired) electrons. The maximum atomic E-state index is 12.6. The molecule has 4 heterocycles. The van der Waals surface area contributed by atoms with Crippen LogP contribution in [0.5, 0.6) is 0 Å². The topological polar surface area (TPSA) is 89.4 Å². The molecule has 2 aliphatic heterocycles. The molecule has 0 spiro atoms. The maximum Gasteiger partial charge on any atom is 0.267 e. The Morgan fingerprint density at radius 2 is 2.20 bits per heavy atom. The third-order valence-corrected chi connectivity index (χ3v) is 6.93. The predicted octanol–water partition coefficient (Wildman–Crippen LogP) is 1.67. The standard InChI is InChI=1S/C21H29N5O3S/c1-14-20(30-15(2)23-14)21(28)22-12-17-5-3-4-7-25(17)8-9-26-19(27)11-16-13-29-10-6-18(16)24-26/h11,17H,3-10,12-13H2,1-2H3,(H,22,28). The monoisotopic (exact) mass is 431 g/mol. The number of nitrogens with zero attached hydrogens (tertiary/aromatic N) is 4. The van der Waals surface area contributed by atoms with E-state index in [1.807, 2.05) is 13.8 Å². The van der Waals surface area contributed by atoms with Gasteiger partial charge >= 0.3 is 0 Å². The van der Waals surface area contributed by atoms with Crippen LogP contribution in [0.15, 0.2) is 10.9 Å². The highest BCUT2D eigenvalue weighted by atomic mass is 32.1. The summed E-state index contributed by atoms with van der Waals surface area (Å²) in [4.78, 5) is 32.4. The van der Waals surface area contributed by atoms with Crippen LogP contribution < -0.4 is 10.9 Å². The molecule has 1 fully saturated rings. The van der Waals surface area contributed by atoms with Crippen LogP contribution in [0.4, 0.5) is 0 Å². The lowest BCUT2D eigenvalue weighted by Gasteiger charge is -2.35. The summed E-state index contributed by atoms with van der Waals surface area (Å²) in [5.41, 5.74) is 2.60. The van der Waals surface area contributed by atoms with Gasteiger partial charge in [-0.3, -0.25) is 14.5 Å². The summed E-state index contributed by atoms with van der Waals surface area (Å²) in [5.74, 6) is -0.0431. The largest absolute Gasteiger partial charge is 0.376 e. The fourth-order valence-electron chi connectivity index (χ4n) is 4.25. The number of aryl methyl sites for hydroxylation is 2. The number of hydrogen-bond acceptors (Lipinski definition) is 7. The first-order chi connectivity index (χ1) is 14.5. The number of aromatic nitrogens is 3. The highest BCUT2D eigenvalue weighted by Gasteiger charge is 2.24. The van der Waals surface area contributed by atoms with Gasteiger partial charge in [0.25, 0.3) is 11.5 Å². The van der Waals surface area contributed by atoms with Gasteiger partial charge in [0.2, 0.25) is 0 Å². The second-order valence-electron chi connectivity index (χ2n) is 8.02. The average molecular weight is 432 g/mol. The number of likely N-dealkylation sites (tertiary alicyclic amines) is 1. The Kier molecular flexibility index (Phi) is 6.60. The first-order valence-corrected chi connectivity index (χ1v) is 11.5. The lowest BCUT2D eigenvalue weighted by atomic mass is 10.0. The van der Waals surface area contributed by atoms with E-state index in [0.717, 1.165) is 60.7 Å². The fourth-order valence-corrected chi connectivity index (χ4v) is 5.09. The van der Waals surface area contributed by atoms with Crippen LogP contribution in [0.2, 0.25) is 0 Å². The SMILES string of the molecule is Cc1nc(C)c(C(=O)NCC2CCCCN2CCn2nc3c(cc2=O)COCC3)s1. The summed E-state index contributed by atoms with van der Waals surface area (Å²) in [5, 5.41) is 8.57. The molecule has 0 saturated carbocycles. The Hall–Kier alpha value is -2.10. The zero-order chi connectivity index (χ0) is 21.1. The second-order valence-corrected chi connectivity index (χ2v) is 9.23. The molecule has 4 rings (SSSR count). The smallest absolute Gasteiger partial charge is 0.267 e. The third-order valence-electron chi connectivity index (χ3n) is 5.86. The van der Waals surface area contributed by atoms with E-state index in [0.29, 0.717) is 31.2 Å². The zero-order valence-electron chi connectivity index (χ0n) is 17.6. The number of nitrogens with one attached hydrogen (secondary N) is 1. The van der Waals surface area contributed by atoms with E-state index in [2.05, 4.69) is 20.3 Å². The van der Waals surface area contributed by atoms with Gasteiger partial charge in [0.1, 0.15) is 4.88 Å². The van der Waals surface area contributed by atoms with Gasteiger partial charge < -0.3 is 10.1 Å². The van der Waals surface area contributed by atoms with Gasteiger partial charge in [-0.1, -0.05) is 6.42 Å². The summed E-state index contributed by atoms with van der Waals surface area (Å²) >= 11 is 1.44. The van der Waals surface area contributed by atoms with Gasteiger partial charge in [-0.05, 0) is 33.2 Å². The molecule has 2 aromatic rings. The minimum absolute atomic E-state index is 0.0431. The van der Waals surface area contributed by atoms with Crippen LogP contribution >= 0.6 is 11.3 Å². The first kappa shape index (κ1) is 21.1. The Balaban J connectivity index is 1.36. The van der Waals surface area contributed by atoms with Crippen molar-refractivity contribution in [3.8, 4) is 0 Å². The normalized spacial score (nSPS) is 19.5. The predicted molar refractivity (Wildman–Crippen MR) is 115 cm³/mol. The van der Waals surface area contributed by atoms with Crippen molar-refractivity contribution in [2.24, 2.45) is 0 Å². The quantitative estimate of drug-likeness (QED) is 0.749. The van der Waals surface area contributed by atoms with Crippen LogP contribution in [0.3, 0.4) is 0 Å². The summed E-state index contributed by atoms with van der Waals surface area (Å²) in [6.45, 7) is 7.83. The third kappa shape index (κ3) is 4.79. The van der Waals surface area contributed by atoms with Gasteiger partial charge in [-0.25, -0.2) is 9.67 Å². The van der Waals surface area contributed by atoms with E-state index in [-0.39, 0.29) is 17.5 Å². The molecule has 1 unspecified atom stereocenters. The van der Waals surface area contributed by atoms with Gasteiger partial charge in [0, 0.05) is 37.2 Å². The number of amides is 1. The number of hydrogen-bond donors (Lipinski definition) is 1. The number of rotatable bonds is 6. The van der Waals surface area contributed by atoms with Crippen molar-refractivity contribution in [1.29, 1.82) is 0 Å². The van der Waals surface area contributed by atoms with Crippen molar-refractivity contribution in [2.45, 2.75) is 58.7 Å². The van der Waals surface area contributed by atoms with Crippen molar-refractivity contribution in [2.75, 3.05) is 26.2 Å². The highest BCUT2D eigenvalue weighted by Crippen LogP contribution is 2.19. The number of carbonyl (C=O) groups excluding carboxylic acids is 1. The fraction of sp³-hybridized carbons (Fsp3) is 0.619. The van der Waals surface area contributed by atoms with Crippen LogP contribution in [0.1, 0.15) is 50.9 Å². The summed E-state index contributed by atoms with van der Waals surface area (Å²) < 4.78 is 6.99. The Bertz CT molecular complexity index is 970. The van der Waals surface area contributed by atoms with Gasteiger partial charge in [-0.2, -0.15) is 5.10 Å². The lowest BCUT2D eigenvalue weighted by Crippen LogP contribution is -2.48. The molecule has 162 valence electrons. The summed E-state index contributed by atoms with van der Waals surface area (Å²) in [6, 6.07) is 1.94. The second kappa shape index (κ2) is 9.36. The van der Waals surface area contributed by atoms with E-state index in [4.69, 9.17) is 4.74 Å².